The van der Waals surface area contributed by atoms with Crippen LogP contribution in [-0.2, 0) is 0 Å². The number of halogens is 1. The molecule has 2 aliphatic carbocycles. The van der Waals surface area contributed by atoms with E-state index in [2.05, 4.69) is 21.7 Å². The van der Waals surface area contributed by atoms with E-state index in [0.29, 0.717) is 6.04 Å². The minimum Gasteiger partial charge on any atom is -0.297 e. The van der Waals surface area contributed by atoms with Crippen molar-refractivity contribution in [3.05, 3.63) is 34.1 Å². The Morgan fingerprint density at radius 3 is 2.68 bits per heavy atom. The van der Waals surface area contributed by atoms with Crippen molar-refractivity contribution >= 4 is 23.8 Å². The quantitative estimate of drug-likeness (QED) is 0.777. The normalized spacial score (nSPS) is 28.2. The molecule has 2 aliphatic rings. The van der Waals surface area contributed by atoms with Crippen molar-refractivity contribution in [3.63, 3.8) is 0 Å². The van der Waals surface area contributed by atoms with E-state index in [9.17, 15) is 0 Å². The number of H-pyrrole nitrogens is 1. The highest BCUT2D eigenvalue weighted by atomic mass is 35.5. The molecule has 0 radical (unpaired) electrons. The molecule has 2 bridgehead atoms. The first-order chi connectivity index (χ1) is 10.6. The summed E-state index contributed by atoms with van der Waals surface area (Å²) in [6.45, 7) is 2.30. The number of rotatable bonds is 3. The number of aromatic nitrogens is 3. The first-order valence-corrected chi connectivity index (χ1v) is 8.85. The zero-order valence-electron chi connectivity index (χ0n) is 12.6. The second-order valence-electron chi connectivity index (χ2n) is 6.81. The lowest BCUT2D eigenvalue weighted by atomic mass is 9.84. The molecule has 4 unspecified atom stereocenters. The largest absolute Gasteiger partial charge is 0.297 e. The molecule has 1 N–H and O–H groups in total. The Labute approximate surface area is 140 Å². The molecule has 116 valence electrons. The third kappa shape index (κ3) is 2.33. The summed E-state index contributed by atoms with van der Waals surface area (Å²) in [6, 6.07) is 8.23. The molecule has 0 saturated heterocycles. The summed E-state index contributed by atoms with van der Waals surface area (Å²) in [5.74, 6) is 3.47. The molecule has 0 amide bonds. The van der Waals surface area contributed by atoms with E-state index in [4.69, 9.17) is 23.8 Å². The molecule has 0 aliphatic heterocycles. The molecular weight excluding hydrogens is 314 g/mol. The number of nitrogens with one attached hydrogen (secondary N) is 1. The molecule has 2 saturated carbocycles. The summed E-state index contributed by atoms with van der Waals surface area (Å²) in [5, 5.41) is 8.20. The van der Waals surface area contributed by atoms with Crippen LogP contribution >= 0.6 is 23.8 Å². The number of aromatic amines is 1. The van der Waals surface area contributed by atoms with Crippen molar-refractivity contribution in [2.45, 2.75) is 38.6 Å². The molecule has 2 fully saturated rings. The summed E-state index contributed by atoms with van der Waals surface area (Å²) >= 11 is 11.5. The van der Waals surface area contributed by atoms with Gasteiger partial charge in [0, 0.05) is 16.6 Å². The minimum absolute atomic E-state index is 0.396. The number of benzene rings is 1. The first-order valence-electron chi connectivity index (χ1n) is 8.06. The van der Waals surface area contributed by atoms with Crippen molar-refractivity contribution in [3.8, 4) is 11.4 Å². The Morgan fingerprint density at radius 1 is 1.27 bits per heavy atom. The zero-order valence-corrected chi connectivity index (χ0v) is 14.2. The summed E-state index contributed by atoms with van der Waals surface area (Å²) in [5.41, 5.74) is 1.06. The molecule has 1 heterocycles. The highest BCUT2D eigenvalue weighted by molar-refractivity contribution is 7.71. The lowest BCUT2D eigenvalue weighted by Gasteiger charge is -2.29. The van der Waals surface area contributed by atoms with Gasteiger partial charge in [-0.25, -0.2) is 0 Å². The van der Waals surface area contributed by atoms with Gasteiger partial charge in [0.15, 0.2) is 10.6 Å². The number of fused-ring (bicyclic) bond motifs is 2. The summed E-state index contributed by atoms with van der Waals surface area (Å²) in [6.07, 6.45) is 5.57. The van der Waals surface area contributed by atoms with E-state index < -0.39 is 0 Å². The van der Waals surface area contributed by atoms with Gasteiger partial charge in [0.25, 0.3) is 0 Å². The van der Waals surface area contributed by atoms with Gasteiger partial charge in [-0.2, -0.15) is 5.10 Å². The molecule has 3 nitrogen and oxygen atoms in total. The van der Waals surface area contributed by atoms with E-state index >= 15 is 0 Å². The Kier molecular flexibility index (Phi) is 3.61. The van der Waals surface area contributed by atoms with Gasteiger partial charge in [0.1, 0.15) is 0 Å². The standard InChI is InChI=1S/C17H20ClN3S/c1-10(15-9-11-2-3-13(15)8-11)21-16(19-20-17(21)22)12-4-6-14(18)7-5-12/h4-7,10-11,13,15H,2-3,8-9H2,1H3,(H,20,22). The third-order valence-electron chi connectivity index (χ3n) is 5.63. The molecule has 22 heavy (non-hydrogen) atoms. The van der Waals surface area contributed by atoms with Crippen LogP contribution in [0.25, 0.3) is 11.4 Å². The molecule has 4 atom stereocenters. The second-order valence-corrected chi connectivity index (χ2v) is 7.63. The summed E-state index contributed by atoms with van der Waals surface area (Å²) in [7, 11) is 0. The van der Waals surface area contributed by atoms with Crippen LogP contribution in [0, 0.1) is 22.5 Å². The maximum atomic E-state index is 6.00. The summed E-state index contributed by atoms with van der Waals surface area (Å²) in [4.78, 5) is 0. The van der Waals surface area contributed by atoms with Crippen LogP contribution in [0.15, 0.2) is 24.3 Å². The molecule has 5 heteroatoms. The molecule has 2 aromatic rings. The van der Waals surface area contributed by atoms with Gasteiger partial charge in [0.2, 0.25) is 0 Å². The average molecular weight is 334 g/mol. The molecule has 1 aromatic carbocycles. The van der Waals surface area contributed by atoms with Crippen molar-refractivity contribution in [2.75, 3.05) is 0 Å². The monoisotopic (exact) mass is 333 g/mol. The smallest absolute Gasteiger partial charge is 0.195 e. The van der Waals surface area contributed by atoms with Gasteiger partial charge in [-0.1, -0.05) is 18.0 Å². The molecule has 1 aromatic heterocycles. The van der Waals surface area contributed by atoms with Gasteiger partial charge in [0.05, 0.1) is 0 Å². The number of hydrogen-bond acceptors (Lipinski definition) is 2. The first kappa shape index (κ1) is 14.5. The predicted molar refractivity (Wildman–Crippen MR) is 91.5 cm³/mol. The highest BCUT2D eigenvalue weighted by Gasteiger charge is 2.42. The maximum Gasteiger partial charge on any atom is 0.195 e. The third-order valence-corrected chi connectivity index (χ3v) is 6.17. The Morgan fingerprint density at radius 2 is 2.05 bits per heavy atom. The Hall–Kier alpha value is -1.13. The maximum absolute atomic E-state index is 6.00. The van der Waals surface area contributed by atoms with E-state index in [1.165, 1.54) is 25.7 Å². The van der Waals surface area contributed by atoms with Gasteiger partial charge in [-0.3, -0.25) is 9.67 Å². The fourth-order valence-corrected chi connectivity index (χ4v) is 4.99. The van der Waals surface area contributed by atoms with Gasteiger partial charge < -0.3 is 0 Å². The van der Waals surface area contributed by atoms with E-state index in [0.717, 1.165) is 38.9 Å². The van der Waals surface area contributed by atoms with E-state index in [1.54, 1.807) is 0 Å². The Bertz CT molecular complexity index is 733. The van der Waals surface area contributed by atoms with Crippen LogP contribution in [0.4, 0.5) is 0 Å². The number of nitrogens with zero attached hydrogens (tertiary/aromatic N) is 2. The predicted octanol–water partition coefficient (Wildman–Crippen LogP) is 5.26. The van der Waals surface area contributed by atoms with Crippen molar-refractivity contribution in [2.24, 2.45) is 17.8 Å². The van der Waals surface area contributed by atoms with Crippen LogP contribution in [0.1, 0.15) is 38.6 Å². The minimum atomic E-state index is 0.396. The van der Waals surface area contributed by atoms with Crippen LogP contribution in [0.3, 0.4) is 0 Å². The highest BCUT2D eigenvalue weighted by Crippen LogP contribution is 2.52. The number of hydrogen-bond donors (Lipinski definition) is 1. The van der Waals surface area contributed by atoms with Gasteiger partial charge in [-0.05, 0) is 80.4 Å². The van der Waals surface area contributed by atoms with Crippen LogP contribution in [0.5, 0.6) is 0 Å². The fourth-order valence-electron chi connectivity index (χ4n) is 4.56. The summed E-state index contributed by atoms with van der Waals surface area (Å²) < 4.78 is 2.93. The van der Waals surface area contributed by atoms with E-state index in [1.807, 2.05) is 24.3 Å². The van der Waals surface area contributed by atoms with Crippen molar-refractivity contribution in [1.29, 1.82) is 0 Å². The average Bonchev–Trinajstić information content (AvgIpc) is 3.22. The van der Waals surface area contributed by atoms with Gasteiger partial charge in [-0.15, -0.1) is 0 Å². The van der Waals surface area contributed by atoms with E-state index in [-0.39, 0.29) is 0 Å². The van der Waals surface area contributed by atoms with Gasteiger partial charge >= 0.3 is 0 Å². The molecule has 0 spiro atoms. The molecule has 4 rings (SSSR count). The van der Waals surface area contributed by atoms with Crippen LogP contribution in [-0.4, -0.2) is 14.8 Å². The van der Waals surface area contributed by atoms with Crippen molar-refractivity contribution < 1.29 is 0 Å². The topological polar surface area (TPSA) is 33.6 Å². The zero-order chi connectivity index (χ0) is 15.3. The van der Waals surface area contributed by atoms with Crippen molar-refractivity contribution in [1.82, 2.24) is 14.8 Å². The fraction of sp³-hybridized carbons (Fsp3) is 0.529. The lowest BCUT2D eigenvalue weighted by molar-refractivity contribution is 0.242. The molecular formula is C17H20ClN3S. The Balaban J connectivity index is 1.71. The SMILES string of the molecule is CC(C1CC2CCC1C2)n1c(-c2ccc(Cl)cc2)n[nH]c1=S. The lowest BCUT2D eigenvalue weighted by Crippen LogP contribution is -2.22. The second kappa shape index (κ2) is 5.50. The van der Waals surface area contributed by atoms with Crippen LogP contribution < -0.4 is 0 Å². The van der Waals surface area contributed by atoms with Crippen LogP contribution in [0.2, 0.25) is 5.02 Å².